The first-order valence-electron chi connectivity index (χ1n) is 10.0. The maximum Gasteiger partial charge on any atom is 0.298 e. The maximum absolute atomic E-state index is 12.7. The van der Waals surface area contributed by atoms with Gasteiger partial charge in [-0.2, -0.15) is 0 Å². The minimum absolute atomic E-state index is 0.0999. The van der Waals surface area contributed by atoms with E-state index in [-0.39, 0.29) is 5.91 Å². The standard InChI is InChI=1S/C24H25N3O2/c1-18-23(19(2)29-25-18)17-26-13-6-14-27(16-15-26)24(28)12-11-21-9-5-8-20-7-3-4-10-22(20)21/h3-5,7-10H,6,13-17H2,1-2H3. The van der Waals surface area contributed by atoms with Crippen LogP contribution in [-0.4, -0.2) is 47.0 Å². The molecule has 2 aromatic carbocycles. The first-order chi connectivity index (χ1) is 14.1. The summed E-state index contributed by atoms with van der Waals surface area (Å²) in [6.07, 6.45) is 0.936. The van der Waals surface area contributed by atoms with E-state index >= 15 is 0 Å². The van der Waals surface area contributed by atoms with Crippen LogP contribution in [0.25, 0.3) is 10.8 Å². The highest BCUT2D eigenvalue weighted by molar-refractivity contribution is 5.96. The SMILES string of the molecule is Cc1noc(C)c1CN1CCCN(C(=O)C#Cc2cccc3ccccc23)CC1. The summed E-state index contributed by atoms with van der Waals surface area (Å²) >= 11 is 0. The van der Waals surface area contributed by atoms with E-state index in [4.69, 9.17) is 4.52 Å². The molecule has 1 aliphatic heterocycles. The van der Waals surface area contributed by atoms with Crippen LogP contribution in [0.1, 0.15) is 29.0 Å². The minimum Gasteiger partial charge on any atom is -0.361 e. The van der Waals surface area contributed by atoms with Crippen LogP contribution in [0.5, 0.6) is 0 Å². The van der Waals surface area contributed by atoms with E-state index in [0.29, 0.717) is 6.54 Å². The lowest BCUT2D eigenvalue weighted by Crippen LogP contribution is -2.34. The molecule has 0 unspecified atom stereocenters. The first kappa shape index (κ1) is 19.2. The number of rotatable bonds is 2. The lowest BCUT2D eigenvalue weighted by Gasteiger charge is -2.20. The molecule has 5 nitrogen and oxygen atoms in total. The zero-order chi connectivity index (χ0) is 20.2. The summed E-state index contributed by atoms with van der Waals surface area (Å²) in [6.45, 7) is 7.93. The lowest BCUT2D eigenvalue weighted by atomic mass is 10.1. The number of hydrogen-bond donors (Lipinski definition) is 0. The molecule has 0 spiro atoms. The second-order valence-electron chi connectivity index (χ2n) is 7.50. The first-order valence-corrected chi connectivity index (χ1v) is 10.0. The number of fused-ring (bicyclic) bond motifs is 1. The minimum atomic E-state index is -0.0999. The Morgan fingerprint density at radius 1 is 1.07 bits per heavy atom. The molecule has 3 aromatic rings. The van der Waals surface area contributed by atoms with Gasteiger partial charge in [-0.05, 0) is 37.1 Å². The summed E-state index contributed by atoms with van der Waals surface area (Å²) in [5.41, 5.74) is 2.99. The number of aromatic nitrogens is 1. The Hall–Kier alpha value is -3.10. The molecule has 0 atom stereocenters. The van der Waals surface area contributed by atoms with Crippen LogP contribution in [0.3, 0.4) is 0 Å². The van der Waals surface area contributed by atoms with Crippen LogP contribution in [-0.2, 0) is 11.3 Å². The van der Waals surface area contributed by atoms with E-state index in [0.717, 1.165) is 66.0 Å². The van der Waals surface area contributed by atoms with E-state index < -0.39 is 0 Å². The Bertz CT molecular complexity index is 1070. The average molecular weight is 387 g/mol. The van der Waals surface area contributed by atoms with Crippen molar-refractivity contribution in [3.05, 3.63) is 65.0 Å². The number of benzene rings is 2. The number of amides is 1. The van der Waals surface area contributed by atoms with Gasteiger partial charge in [0.25, 0.3) is 5.91 Å². The van der Waals surface area contributed by atoms with Gasteiger partial charge in [-0.3, -0.25) is 9.69 Å². The number of carbonyl (C=O) groups excluding carboxylic acids is 1. The molecule has 29 heavy (non-hydrogen) atoms. The average Bonchev–Trinajstić information content (AvgIpc) is 2.93. The van der Waals surface area contributed by atoms with E-state index in [1.54, 1.807) is 0 Å². The fourth-order valence-electron chi connectivity index (χ4n) is 3.82. The summed E-state index contributed by atoms with van der Waals surface area (Å²) in [7, 11) is 0. The molecule has 0 N–H and O–H groups in total. The Labute approximate surface area is 171 Å². The second kappa shape index (κ2) is 8.50. The summed E-state index contributed by atoms with van der Waals surface area (Å²) < 4.78 is 5.27. The molecule has 1 aromatic heterocycles. The number of nitrogens with zero attached hydrogens (tertiary/aromatic N) is 3. The van der Waals surface area contributed by atoms with Crippen LogP contribution in [0, 0.1) is 25.7 Å². The van der Waals surface area contributed by atoms with Crippen molar-refractivity contribution >= 4 is 16.7 Å². The second-order valence-corrected chi connectivity index (χ2v) is 7.50. The third-order valence-electron chi connectivity index (χ3n) is 5.53. The van der Waals surface area contributed by atoms with Crippen molar-refractivity contribution in [3.63, 3.8) is 0 Å². The quantitative estimate of drug-likeness (QED) is 0.631. The molecule has 0 aliphatic carbocycles. The Morgan fingerprint density at radius 3 is 2.72 bits per heavy atom. The van der Waals surface area contributed by atoms with Gasteiger partial charge in [0.15, 0.2) is 0 Å². The smallest absolute Gasteiger partial charge is 0.298 e. The molecule has 0 radical (unpaired) electrons. The predicted molar refractivity (Wildman–Crippen MR) is 113 cm³/mol. The van der Waals surface area contributed by atoms with Crippen LogP contribution < -0.4 is 0 Å². The van der Waals surface area contributed by atoms with Gasteiger partial charge in [0, 0.05) is 49.8 Å². The molecule has 148 valence electrons. The molecule has 2 heterocycles. The third kappa shape index (κ3) is 4.33. The van der Waals surface area contributed by atoms with Gasteiger partial charge in [-0.1, -0.05) is 47.5 Å². The highest BCUT2D eigenvalue weighted by Crippen LogP contribution is 2.18. The van der Waals surface area contributed by atoms with Crippen LogP contribution in [0.2, 0.25) is 0 Å². The van der Waals surface area contributed by atoms with Crippen molar-refractivity contribution in [2.45, 2.75) is 26.8 Å². The largest absolute Gasteiger partial charge is 0.361 e. The van der Waals surface area contributed by atoms with E-state index in [9.17, 15) is 4.79 Å². The third-order valence-corrected chi connectivity index (χ3v) is 5.53. The molecule has 1 saturated heterocycles. The molecule has 0 bridgehead atoms. The Kier molecular flexibility index (Phi) is 5.64. The number of carbonyl (C=O) groups is 1. The maximum atomic E-state index is 12.7. The Balaban J connectivity index is 1.42. The van der Waals surface area contributed by atoms with Gasteiger partial charge < -0.3 is 9.42 Å². The topological polar surface area (TPSA) is 49.6 Å². The zero-order valence-electron chi connectivity index (χ0n) is 16.9. The van der Waals surface area contributed by atoms with Crippen molar-refractivity contribution in [2.75, 3.05) is 26.2 Å². The zero-order valence-corrected chi connectivity index (χ0v) is 16.9. The molecule has 1 aliphatic rings. The highest BCUT2D eigenvalue weighted by atomic mass is 16.5. The molecule has 1 fully saturated rings. The number of hydrogen-bond acceptors (Lipinski definition) is 4. The lowest BCUT2D eigenvalue weighted by molar-refractivity contribution is -0.125. The summed E-state index contributed by atoms with van der Waals surface area (Å²) in [4.78, 5) is 16.9. The summed E-state index contributed by atoms with van der Waals surface area (Å²) in [5, 5.41) is 6.25. The molecular weight excluding hydrogens is 362 g/mol. The molecule has 5 heteroatoms. The monoisotopic (exact) mass is 387 g/mol. The van der Waals surface area contributed by atoms with E-state index in [1.807, 2.05) is 49.1 Å². The van der Waals surface area contributed by atoms with E-state index in [2.05, 4.69) is 34.0 Å². The van der Waals surface area contributed by atoms with Crippen LogP contribution >= 0.6 is 0 Å². The normalized spacial score (nSPS) is 15.0. The van der Waals surface area contributed by atoms with Crippen LogP contribution in [0.15, 0.2) is 47.0 Å². The highest BCUT2D eigenvalue weighted by Gasteiger charge is 2.20. The fraction of sp³-hybridized carbons (Fsp3) is 0.333. The molecular formula is C24H25N3O2. The Morgan fingerprint density at radius 2 is 1.90 bits per heavy atom. The molecule has 4 rings (SSSR count). The van der Waals surface area contributed by atoms with Crippen molar-refractivity contribution in [2.24, 2.45) is 0 Å². The van der Waals surface area contributed by atoms with E-state index in [1.165, 1.54) is 0 Å². The fourth-order valence-corrected chi connectivity index (χ4v) is 3.82. The number of aryl methyl sites for hydroxylation is 2. The van der Waals surface area contributed by atoms with Crippen molar-refractivity contribution in [3.8, 4) is 11.8 Å². The van der Waals surface area contributed by atoms with Gasteiger partial charge >= 0.3 is 0 Å². The molecule has 0 saturated carbocycles. The van der Waals surface area contributed by atoms with Gasteiger partial charge in [0.2, 0.25) is 0 Å². The van der Waals surface area contributed by atoms with Gasteiger partial charge in [-0.25, -0.2) is 0 Å². The van der Waals surface area contributed by atoms with Crippen molar-refractivity contribution < 1.29 is 9.32 Å². The summed E-state index contributed by atoms with van der Waals surface area (Å²) in [5.74, 6) is 6.73. The van der Waals surface area contributed by atoms with Crippen LogP contribution in [0.4, 0.5) is 0 Å². The molecule has 1 amide bonds. The predicted octanol–water partition coefficient (Wildman–Crippen LogP) is 3.53. The van der Waals surface area contributed by atoms with Gasteiger partial charge in [0.05, 0.1) is 5.69 Å². The van der Waals surface area contributed by atoms with Gasteiger partial charge in [-0.15, -0.1) is 0 Å². The van der Waals surface area contributed by atoms with Crippen molar-refractivity contribution in [1.82, 2.24) is 15.0 Å². The van der Waals surface area contributed by atoms with Gasteiger partial charge in [0.1, 0.15) is 5.76 Å². The van der Waals surface area contributed by atoms with Crippen molar-refractivity contribution in [1.29, 1.82) is 0 Å². The summed E-state index contributed by atoms with van der Waals surface area (Å²) in [6, 6.07) is 14.1.